The normalized spacial score (nSPS) is 19.5. The van der Waals surface area contributed by atoms with Gasteiger partial charge in [-0.3, -0.25) is 0 Å². The van der Waals surface area contributed by atoms with Gasteiger partial charge in [-0.05, 0) is 44.2 Å². The monoisotopic (exact) mass is 249 g/mol. The zero-order valence-corrected chi connectivity index (χ0v) is 11.1. The number of aryl methyl sites for hydroxylation is 1. The van der Waals surface area contributed by atoms with Crippen molar-refractivity contribution in [1.82, 2.24) is 4.98 Å². The van der Waals surface area contributed by atoms with E-state index in [1.807, 2.05) is 12.3 Å². The number of aliphatic hydroxyl groups excluding tert-OH is 1. The van der Waals surface area contributed by atoms with Crippen LogP contribution >= 0.6 is 0 Å². The summed E-state index contributed by atoms with van der Waals surface area (Å²) in [4.78, 5) is 6.91. The molecule has 1 aliphatic rings. The largest absolute Gasteiger partial charge is 0.396 e. The SMILES string of the molecule is Cc1ccnc(N2CCCC2CCCO)c1CN. The molecule has 0 saturated carbocycles. The summed E-state index contributed by atoms with van der Waals surface area (Å²) in [6.07, 6.45) is 6.17. The fraction of sp³-hybridized carbons (Fsp3) is 0.643. The fourth-order valence-corrected chi connectivity index (χ4v) is 2.82. The van der Waals surface area contributed by atoms with Crippen LogP contribution in [0.4, 0.5) is 5.82 Å². The van der Waals surface area contributed by atoms with Gasteiger partial charge in [-0.2, -0.15) is 0 Å². The number of rotatable bonds is 5. The van der Waals surface area contributed by atoms with Crippen LogP contribution in [0.25, 0.3) is 0 Å². The van der Waals surface area contributed by atoms with Crippen LogP contribution in [0.15, 0.2) is 12.3 Å². The maximum Gasteiger partial charge on any atom is 0.133 e. The quantitative estimate of drug-likeness (QED) is 0.832. The average molecular weight is 249 g/mol. The minimum Gasteiger partial charge on any atom is -0.396 e. The molecule has 2 heterocycles. The predicted molar refractivity (Wildman–Crippen MR) is 73.6 cm³/mol. The molecule has 18 heavy (non-hydrogen) atoms. The lowest BCUT2D eigenvalue weighted by Gasteiger charge is -2.28. The molecule has 3 N–H and O–H groups in total. The van der Waals surface area contributed by atoms with Gasteiger partial charge in [0.15, 0.2) is 0 Å². The lowest BCUT2D eigenvalue weighted by molar-refractivity contribution is 0.279. The van der Waals surface area contributed by atoms with E-state index in [0.29, 0.717) is 12.6 Å². The van der Waals surface area contributed by atoms with Gasteiger partial charge in [0.2, 0.25) is 0 Å². The molecule has 4 nitrogen and oxygen atoms in total. The van der Waals surface area contributed by atoms with E-state index in [2.05, 4.69) is 16.8 Å². The Kier molecular flexibility index (Phi) is 4.55. The number of pyridine rings is 1. The Morgan fingerprint density at radius 2 is 2.39 bits per heavy atom. The molecule has 0 aromatic carbocycles. The smallest absolute Gasteiger partial charge is 0.133 e. The number of aromatic nitrogens is 1. The second-order valence-corrected chi connectivity index (χ2v) is 4.99. The van der Waals surface area contributed by atoms with Gasteiger partial charge in [-0.25, -0.2) is 4.98 Å². The molecule has 0 bridgehead atoms. The summed E-state index contributed by atoms with van der Waals surface area (Å²) in [5, 5.41) is 8.97. The summed E-state index contributed by atoms with van der Waals surface area (Å²) in [5.74, 6) is 1.05. The Bertz CT molecular complexity index is 395. The second-order valence-electron chi connectivity index (χ2n) is 4.99. The molecule has 100 valence electrons. The number of aliphatic hydroxyl groups is 1. The van der Waals surface area contributed by atoms with E-state index in [1.165, 1.54) is 18.4 Å². The lowest BCUT2D eigenvalue weighted by Crippen LogP contribution is -2.31. The Labute approximate surface area is 109 Å². The predicted octanol–water partition coefficient (Wildman–Crippen LogP) is 1.59. The maximum atomic E-state index is 8.97. The summed E-state index contributed by atoms with van der Waals surface area (Å²) in [5.41, 5.74) is 8.24. The topological polar surface area (TPSA) is 62.4 Å². The van der Waals surface area contributed by atoms with Gasteiger partial charge in [0.25, 0.3) is 0 Å². The van der Waals surface area contributed by atoms with Crippen molar-refractivity contribution in [3.05, 3.63) is 23.4 Å². The van der Waals surface area contributed by atoms with E-state index >= 15 is 0 Å². The van der Waals surface area contributed by atoms with Gasteiger partial charge in [0.1, 0.15) is 5.82 Å². The van der Waals surface area contributed by atoms with Crippen LogP contribution in [0.5, 0.6) is 0 Å². The molecule has 4 heteroatoms. The third kappa shape index (κ3) is 2.65. The van der Waals surface area contributed by atoms with Crippen LogP contribution in [0, 0.1) is 6.92 Å². The molecule has 0 aliphatic carbocycles. The van der Waals surface area contributed by atoms with Crippen LogP contribution in [-0.4, -0.2) is 29.3 Å². The molecule has 2 rings (SSSR count). The van der Waals surface area contributed by atoms with Crippen LogP contribution in [0.1, 0.15) is 36.8 Å². The highest BCUT2D eigenvalue weighted by molar-refractivity contribution is 5.51. The van der Waals surface area contributed by atoms with Gasteiger partial charge < -0.3 is 15.7 Å². The summed E-state index contributed by atoms with van der Waals surface area (Å²) in [6.45, 7) is 3.96. The number of anilines is 1. The summed E-state index contributed by atoms with van der Waals surface area (Å²) >= 11 is 0. The molecule has 1 fully saturated rings. The van der Waals surface area contributed by atoms with Crippen LogP contribution in [-0.2, 0) is 6.54 Å². The molecule has 1 unspecified atom stereocenters. The Morgan fingerprint density at radius 3 is 3.11 bits per heavy atom. The van der Waals surface area contributed by atoms with E-state index in [0.717, 1.165) is 30.8 Å². The summed E-state index contributed by atoms with van der Waals surface area (Å²) in [7, 11) is 0. The first-order chi connectivity index (χ1) is 8.77. The highest BCUT2D eigenvalue weighted by Crippen LogP contribution is 2.30. The number of hydrogen-bond acceptors (Lipinski definition) is 4. The van der Waals surface area contributed by atoms with Crippen LogP contribution in [0.2, 0.25) is 0 Å². The number of nitrogens with zero attached hydrogens (tertiary/aromatic N) is 2. The van der Waals surface area contributed by atoms with Crippen molar-refractivity contribution in [2.75, 3.05) is 18.1 Å². The lowest BCUT2D eigenvalue weighted by atomic mass is 10.1. The number of nitrogens with two attached hydrogens (primary N) is 1. The molecular formula is C14H23N3O. The van der Waals surface area contributed by atoms with Crippen molar-refractivity contribution in [2.45, 2.75) is 45.2 Å². The van der Waals surface area contributed by atoms with Crippen molar-refractivity contribution < 1.29 is 5.11 Å². The molecular weight excluding hydrogens is 226 g/mol. The standard InChI is InChI=1S/C14H23N3O/c1-11-6-7-16-14(13(11)10-15)17-8-2-4-12(17)5-3-9-18/h6-7,12,18H,2-5,8-10,15H2,1H3. The third-order valence-electron chi connectivity index (χ3n) is 3.82. The Balaban J connectivity index is 2.21. The van der Waals surface area contributed by atoms with Gasteiger partial charge in [0.05, 0.1) is 0 Å². The van der Waals surface area contributed by atoms with Crippen LogP contribution < -0.4 is 10.6 Å². The Hall–Kier alpha value is -1.13. The van der Waals surface area contributed by atoms with Crippen molar-refractivity contribution in [3.8, 4) is 0 Å². The van der Waals surface area contributed by atoms with Gasteiger partial charge in [-0.15, -0.1) is 0 Å². The first kappa shape index (κ1) is 13.3. The van der Waals surface area contributed by atoms with E-state index < -0.39 is 0 Å². The third-order valence-corrected chi connectivity index (χ3v) is 3.82. The van der Waals surface area contributed by atoms with E-state index in [9.17, 15) is 0 Å². The zero-order valence-electron chi connectivity index (χ0n) is 11.1. The molecule has 1 atom stereocenters. The average Bonchev–Trinajstić information content (AvgIpc) is 2.84. The zero-order chi connectivity index (χ0) is 13.0. The van der Waals surface area contributed by atoms with Gasteiger partial charge in [-0.1, -0.05) is 0 Å². The van der Waals surface area contributed by atoms with E-state index in [4.69, 9.17) is 10.8 Å². The minimum atomic E-state index is 0.273. The highest BCUT2D eigenvalue weighted by Gasteiger charge is 2.26. The molecule has 1 aliphatic heterocycles. The van der Waals surface area contributed by atoms with Crippen molar-refractivity contribution >= 4 is 5.82 Å². The molecule has 0 amide bonds. The molecule has 0 spiro atoms. The molecule has 1 aromatic rings. The Morgan fingerprint density at radius 1 is 1.56 bits per heavy atom. The van der Waals surface area contributed by atoms with Crippen molar-refractivity contribution in [1.29, 1.82) is 0 Å². The number of hydrogen-bond donors (Lipinski definition) is 2. The summed E-state index contributed by atoms with van der Waals surface area (Å²) in [6, 6.07) is 2.53. The van der Waals surface area contributed by atoms with Crippen molar-refractivity contribution in [3.63, 3.8) is 0 Å². The van der Waals surface area contributed by atoms with Crippen LogP contribution in [0.3, 0.4) is 0 Å². The fourth-order valence-electron chi connectivity index (χ4n) is 2.82. The second kappa shape index (κ2) is 6.16. The van der Waals surface area contributed by atoms with Gasteiger partial charge in [0, 0.05) is 37.5 Å². The van der Waals surface area contributed by atoms with E-state index in [-0.39, 0.29) is 6.61 Å². The summed E-state index contributed by atoms with van der Waals surface area (Å²) < 4.78 is 0. The molecule has 1 aromatic heterocycles. The highest BCUT2D eigenvalue weighted by atomic mass is 16.2. The first-order valence-electron chi connectivity index (χ1n) is 6.80. The maximum absolute atomic E-state index is 8.97. The minimum absolute atomic E-state index is 0.273. The molecule has 1 saturated heterocycles. The van der Waals surface area contributed by atoms with E-state index in [1.54, 1.807) is 0 Å². The molecule has 0 radical (unpaired) electrons. The first-order valence-corrected chi connectivity index (χ1v) is 6.80. The van der Waals surface area contributed by atoms with Gasteiger partial charge >= 0.3 is 0 Å². The van der Waals surface area contributed by atoms with Crippen molar-refractivity contribution in [2.24, 2.45) is 5.73 Å².